The largest absolute Gasteiger partial charge is 0.491 e. The lowest BCUT2D eigenvalue weighted by molar-refractivity contribution is 0.200. The summed E-state index contributed by atoms with van der Waals surface area (Å²) in [6, 6.07) is 33.4. The van der Waals surface area contributed by atoms with Gasteiger partial charge in [-0.1, -0.05) is 84.9 Å². The van der Waals surface area contributed by atoms with Gasteiger partial charge in [0.05, 0.1) is 13.2 Å². The molecular formula is C32H26O4. The molecule has 2 N–H and O–H groups in total. The van der Waals surface area contributed by atoms with Crippen molar-refractivity contribution >= 4 is 43.1 Å². The summed E-state index contributed by atoms with van der Waals surface area (Å²) in [5.41, 5.74) is 1.83. The van der Waals surface area contributed by atoms with E-state index in [0.717, 1.165) is 43.4 Å². The molecule has 0 atom stereocenters. The van der Waals surface area contributed by atoms with E-state index in [4.69, 9.17) is 9.47 Å². The first-order chi connectivity index (χ1) is 17.8. The van der Waals surface area contributed by atoms with Crippen molar-refractivity contribution in [3.63, 3.8) is 0 Å². The number of fused-ring (bicyclic) bond motifs is 6. The lowest BCUT2D eigenvalue weighted by Crippen LogP contribution is -2.05. The second kappa shape index (κ2) is 9.50. The van der Waals surface area contributed by atoms with Crippen LogP contribution in [-0.2, 0) is 0 Å². The van der Waals surface area contributed by atoms with Crippen LogP contribution in [0.3, 0.4) is 0 Å². The maximum atomic E-state index is 9.53. The van der Waals surface area contributed by atoms with Gasteiger partial charge in [-0.05, 0) is 55.2 Å². The average molecular weight is 475 g/mol. The lowest BCUT2D eigenvalue weighted by atomic mass is 9.89. The van der Waals surface area contributed by atoms with Crippen LogP contribution in [0.5, 0.6) is 11.5 Å². The van der Waals surface area contributed by atoms with Crippen molar-refractivity contribution in [2.24, 2.45) is 0 Å². The van der Waals surface area contributed by atoms with Crippen LogP contribution in [0, 0.1) is 0 Å². The van der Waals surface area contributed by atoms with Gasteiger partial charge in [-0.2, -0.15) is 0 Å². The van der Waals surface area contributed by atoms with Crippen molar-refractivity contribution in [2.75, 3.05) is 26.4 Å². The molecule has 0 unspecified atom stereocenters. The normalized spacial score (nSPS) is 11.5. The van der Waals surface area contributed by atoms with Gasteiger partial charge in [0.25, 0.3) is 0 Å². The molecule has 0 aliphatic carbocycles. The molecule has 6 aromatic rings. The molecule has 4 nitrogen and oxygen atoms in total. The number of hydrogen-bond acceptors (Lipinski definition) is 4. The highest BCUT2D eigenvalue weighted by molar-refractivity contribution is 6.19. The zero-order valence-electron chi connectivity index (χ0n) is 19.8. The van der Waals surface area contributed by atoms with E-state index in [1.54, 1.807) is 0 Å². The first-order valence-electron chi connectivity index (χ1n) is 12.2. The number of aliphatic hydroxyl groups excluding tert-OH is 2. The van der Waals surface area contributed by atoms with E-state index in [1.807, 2.05) is 24.3 Å². The van der Waals surface area contributed by atoms with E-state index >= 15 is 0 Å². The zero-order chi connectivity index (χ0) is 24.5. The van der Waals surface area contributed by atoms with E-state index in [-0.39, 0.29) is 26.4 Å². The predicted molar refractivity (Wildman–Crippen MR) is 147 cm³/mol. The standard InChI is InChI=1S/C32H26O4/c33-17-19-35-29-15-13-25-23-7-3-1-5-21(23)9-11-27(25)31(29)32-28-12-10-22-6-2-4-8-24(22)26(28)14-16-30(32)36-20-18-34/h1-16,33-34H,17-20H2. The fourth-order valence-corrected chi connectivity index (χ4v) is 5.20. The third kappa shape index (κ3) is 3.72. The highest BCUT2D eigenvalue weighted by atomic mass is 16.5. The molecule has 0 aliphatic heterocycles. The van der Waals surface area contributed by atoms with Crippen molar-refractivity contribution in [2.45, 2.75) is 0 Å². The van der Waals surface area contributed by atoms with Crippen LogP contribution in [0.1, 0.15) is 0 Å². The zero-order valence-corrected chi connectivity index (χ0v) is 19.8. The van der Waals surface area contributed by atoms with Crippen LogP contribution >= 0.6 is 0 Å². The van der Waals surface area contributed by atoms with Crippen molar-refractivity contribution in [3.05, 3.63) is 97.1 Å². The van der Waals surface area contributed by atoms with Crippen molar-refractivity contribution < 1.29 is 19.7 Å². The van der Waals surface area contributed by atoms with Crippen molar-refractivity contribution in [1.82, 2.24) is 0 Å². The molecule has 0 saturated heterocycles. The maximum Gasteiger partial charge on any atom is 0.128 e. The quantitative estimate of drug-likeness (QED) is 0.253. The van der Waals surface area contributed by atoms with Crippen molar-refractivity contribution in [1.29, 1.82) is 0 Å². The van der Waals surface area contributed by atoms with Crippen LogP contribution < -0.4 is 9.47 Å². The van der Waals surface area contributed by atoms with Crippen molar-refractivity contribution in [3.8, 4) is 22.6 Å². The van der Waals surface area contributed by atoms with E-state index in [1.165, 1.54) is 10.8 Å². The minimum absolute atomic E-state index is 0.0801. The minimum Gasteiger partial charge on any atom is -0.491 e. The van der Waals surface area contributed by atoms with Crippen LogP contribution in [0.15, 0.2) is 97.1 Å². The molecule has 0 bridgehead atoms. The molecule has 0 aromatic heterocycles. The lowest BCUT2D eigenvalue weighted by Gasteiger charge is -2.20. The first kappa shape index (κ1) is 22.4. The third-order valence-electron chi connectivity index (χ3n) is 6.72. The molecule has 6 aromatic carbocycles. The van der Waals surface area contributed by atoms with Gasteiger partial charge in [-0.25, -0.2) is 0 Å². The summed E-state index contributed by atoms with van der Waals surface area (Å²) in [6.45, 7) is 0.214. The SMILES string of the molecule is OCCOc1ccc2c(ccc3ccccc32)c1-c1c(OCCO)ccc2c1ccc1ccccc12. The number of rotatable bonds is 7. The molecular weight excluding hydrogens is 448 g/mol. The molecule has 0 spiro atoms. The average Bonchev–Trinajstić information content (AvgIpc) is 2.94. The Hall–Kier alpha value is -4.12. The van der Waals surface area contributed by atoms with Crippen LogP contribution in [0.4, 0.5) is 0 Å². The van der Waals surface area contributed by atoms with Gasteiger partial charge in [0.1, 0.15) is 24.7 Å². The fourth-order valence-electron chi connectivity index (χ4n) is 5.20. The topological polar surface area (TPSA) is 58.9 Å². The van der Waals surface area contributed by atoms with E-state index < -0.39 is 0 Å². The second-order valence-electron chi connectivity index (χ2n) is 8.79. The van der Waals surface area contributed by atoms with E-state index in [0.29, 0.717) is 11.5 Å². The molecule has 0 fully saturated rings. The van der Waals surface area contributed by atoms with Gasteiger partial charge in [0.15, 0.2) is 0 Å². The molecule has 0 amide bonds. The Bertz CT molecular complexity index is 1590. The Morgan fingerprint density at radius 1 is 0.417 bits per heavy atom. The highest BCUT2D eigenvalue weighted by Crippen LogP contribution is 2.47. The Balaban J connectivity index is 1.76. The monoisotopic (exact) mass is 474 g/mol. The summed E-state index contributed by atoms with van der Waals surface area (Å²) in [7, 11) is 0. The number of hydrogen-bond donors (Lipinski definition) is 2. The molecule has 0 radical (unpaired) electrons. The second-order valence-corrected chi connectivity index (χ2v) is 8.79. The molecule has 178 valence electrons. The summed E-state index contributed by atoms with van der Waals surface area (Å²) in [4.78, 5) is 0. The van der Waals surface area contributed by atoms with E-state index in [2.05, 4.69) is 72.8 Å². The molecule has 6 rings (SSSR count). The molecule has 4 heteroatoms. The maximum absolute atomic E-state index is 9.53. The van der Waals surface area contributed by atoms with Gasteiger partial charge in [-0.15, -0.1) is 0 Å². The Morgan fingerprint density at radius 3 is 1.28 bits per heavy atom. The minimum atomic E-state index is -0.0801. The number of benzene rings is 6. The molecule has 0 saturated carbocycles. The molecule has 0 heterocycles. The Labute approximate surface area is 208 Å². The summed E-state index contributed by atoms with van der Waals surface area (Å²) in [6.07, 6.45) is 0. The van der Waals surface area contributed by atoms with Crippen LogP contribution in [0.25, 0.3) is 54.2 Å². The first-order valence-corrected chi connectivity index (χ1v) is 12.2. The molecule has 36 heavy (non-hydrogen) atoms. The number of ether oxygens (including phenoxy) is 2. The third-order valence-corrected chi connectivity index (χ3v) is 6.72. The summed E-state index contributed by atoms with van der Waals surface area (Å²) < 4.78 is 12.2. The van der Waals surface area contributed by atoms with Gasteiger partial charge < -0.3 is 19.7 Å². The number of aliphatic hydroxyl groups is 2. The van der Waals surface area contributed by atoms with E-state index in [9.17, 15) is 10.2 Å². The molecule has 0 aliphatic rings. The summed E-state index contributed by atoms with van der Waals surface area (Å²) in [5.74, 6) is 1.36. The smallest absolute Gasteiger partial charge is 0.128 e. The van der Waals surface area contributed by atoms with Crippen LogP contribution in [-0.4, -0.2) is 36.6 Å². The van der Waals surface area contributed by atoms with Gasteiger partial charge >= 0.3 is 0 Å². The van der Waals surface area contributed by atoms with Gasteiger partial charge in [0.2, 0.25) is 0 Å². The fraction of sp³-hybridized carbons (Fsp3) is 0.125. The predicted octanol–water partition coefficient (Wildman–Crippen LogP) is 6.71. The Kier molecular flexibility index (Phi) is 5.90. The van der Waals surface area contributed by atoms with Gasteiger partial charge in [0, 0.05) is 11.1 Å². The van der Waals surface area contributed by atoms with Crippen LogP contribution in [0.2, 0.25) is 0 Å². The van der Waals surface area contributed by atoms with Gasteiger partial charge in [-0.3, -0.25) is 0 Å². The highest BCUT2D eigenvalue weighted by Gasteiger charge is 2.20. The summed E-state index contributed by atoms with van der Waals surface area (Å²) in [5, 5.41) is 28.0. The summed E-state index contributed by atoms with van der Waals surface area (Å²) >= 11 is 0. The Morgan fingerprint density at radius 2 is 0.833 bits per heavy atom.